The summed E-state index contributed by atoms with van der Waals surface area (Å²) in [6.45, 7) is 7.97. The summed E-state index contributed by atoms with van der Waals surface area (Å²) in [7, 11) is 3.02. The van der Waals surface area contributed by atoms with Crippen LogP contribution in [0, 0.1) is 0 Å². The lowest BCUT2D eigenvalue weighted by molar-refractivity contribution is -0.870. The van der Waals surface area contributed by atoms with Gasteiger partial charge in [-0.05, 0) is 12.5 Å². The van der Waals surface area contributed by atoms with Crippen molar-refractivity contribution in [2.24, 2.45) is 0 Å². The second-order valence-electron chi connectivity index (χ2n) is 5.52. The molecular weight excluding hydrogens is 269 g/mol. The van der Waals surface area contributed by atoms with Gasteiger partial charge >= 0.3 is 7.60 Å². The Bertz CT molecular complexity index is 327. The first kappa shape index (κ1) is 18.8. The molecule has 0 aromatic carbocycles. The Hall–Kier alpha value is -0.230. The van der Waals surface area contributed by atoms with E-state index in [2.05, 4.69) is 6.58 Å². The van der Waals surface area contributed by atoms with Crippen molar-refractivity contribution in [1.82, 2.24) is 0 Å². The SMILES string of the molecule is C=C(C)C(O)OCCOP(C)(=O)OCC[N+](C)(C)C. The lowest BCUT2D eigenvalue weighted by Gasteiger charge is -2.24. The van der Waals surface area contributed by atoms with E-state index in [0.29, 0.717) is 12.2 Å². The predicted octanol–water partition coefficient (Wildman–Crippen LogP) is 1.46. The summed E-state index contributed by atoms with van der Waals surface area (Å²) in [4.78, 5) is 0. The van der Waals surface area contributed by atoms with E-state index in [-0.39, 0.29) is 13.2 Å². The Kier molecular flexibility index (Phi) is 8.05. The molecule has 0 bridgehead atoms. The van der Waals surface area contributed by atoms with Crippen LogP contribution in [-0.4, -0.2) is 70.1 Å². The van der Waals surface area contributed by atoms with Gasteiger partial charge in [0.25, 0.3) is 0 Å². The highest BCUT2D eigenvalue weighted by Gasteiger charge is 2.19. The summed E-state index contributed by atoms with van der Waals surface area (Å²) in [5, 5.41) is 9.31. The van der Waals surface area contributed by atoms with Gasteiger partial charge in [0.1, 0.15) is 13.2 Å². The first-order valence-electron chi connectivity index (χ1n) is 6.15. The van der Waals surface area contributed by atoms with Crippen LogP contribution < -0.4 is 0 Å². The maximum atomic E-state index is 11.9. The lowest BCUT2D eigenvalue weighted by atomic mass is 10.3. The third-order valence-corrected chi connectivity index (χ3v) is 3.50. The van der Waals surface area contributed by atoms with Gasteiger partial charge in [0.15, 0.2) is 6.29 Å². The Morgan fingerprint density at radius 3 is 2.26 bits per heavy atom. The average molecular weight is 296 g/mol. The zero-order valence-corrected chi connectivity index (χ0v) is 13.5. The molecule has 1 N–H and O–H groups in total. The Balaban J connectivity index is 3.79. The molecular formula is C12H27NO5P+. The van der Waals surface area contributed by atoms with Crippen LogP contribution in [0.15, 0.2) is 12.2 Å². The summed E-state index contributed by atoms with van der Waals surface area (Å²) < 4.78 is 28.0. The van der Waals surface area contributed by atoms with Crippen LogP contribution in [-0.2, 0) is 18.3 Å². The number of aliphatic hydroxyl groups is 1. The van der Waals surface area contributed by atoms with E-state index in [0.717, 1.165) is 11.0 Å². The Morgan fingerprint density at radius 1 is 1.26 bits per heavy atom. The highest BCUT2D eigenvalue weighted by Crippen LogP contribution is 2.43. The molecule has 2 atom stereocenters. The van der Waals surface area contributed by atoms with Crippen LogP contribution in [0.2, 0.25) is 0 Å². The fourth-order valence-corrected chi connectivity index (χ4v) is 1.92. The van der Waals surface area contributed by atoms with Crippen molar-refractivity contribution in [3.05, 3.63) is 12.2 Å². The first-order chi connectivity index (χ1) is 8.53. The van der Waals surface area contributed by atoms with E-state index in [4.69, 9.17) is 13.8 Å². The van der Waals surface area contributed by atoms with Crippen LogP contribution >= 0.6 is 7.60 Å². The molecule has 6 nitrogen and oxygen atoms in total. The number of rotatable bonds is 10. The van der Waals surface area contributed by atoms with E-state index < -0.39 is 13.9 Å². The van der Waals surface area contributed by atoms with E-state index in [1.807, 2.05) is 21.1 Å². The highest BCUT2D eigenvalue weighted by molar-refractivity contribution is 7.52. The van der Waals surface area contributed by atoms with Crippen LogP contribution in [0.5, 0.6) is 0 Å². The molecule has 0 saturated carbocycles. The number of likely N-dealkylation sites (N-methyl/N-ethyl adjacent to an activating group) is 1. The molecule has 0 rings (SSSR count). The topological polar surface area (TPSA) is 65.0 Å². The summed E-state index contributed by atoms with van der Waals surface area (Å²) in [5.74, 6) is 0. The maximum Gasteiger partial charge on any atom is 0.327 e. The number of aliphatic hydroxyl groups excluding tert-OH is 1. The average Bonchev–Trinajstić information content (AvgIpc) is 2.21. The number of quaternary nitrogens is 1. The van der Waals surface area contributed by atoms with Gasteiger partial charge < -0.3 is 23.4 Å². The van der Waals surface area contributed by atoms with Gasteiger partial charge in [0, 0.05) is 6.66 Å². The quantitative estimate of drug-likeness (QED) is 0.217. The minimum absolute atomic E-state index is 0.0997. The Morgan fingerprint density at radius 2 is 1.79 bits per heavy atom. The minimum atomic E-state index is -3.06. The number of hydrogen-bond donors (Lipinski definition) is 1. The van der Waals surface area contributed by atoms with Crippen molar-refractivity contribution in [2.75, 3.05) is 54.2 Å². The zero-order valence-electron chi connectivity index (χ0n) is 12.6. The van der Waals surface area contributed by atoms with Crippen molar-refractivity contribution in [2.45, 2.75) is 13.2 Å². The second-order valence-corrected chi connectivity index (χ2v) is 7.58. The summed E-state index contributed by atoms with van der Waals surface area (Å²) in [6, 6.07) is 0. The van der Waals surface area contributed by atoms with Crippen LogP contribution in [0.3, 0.4) is 0 Å². The molecule has 0 fully saturated rings. The molecule has 0 aromatic rings. The van der Waals surface area contributed by atoms with Gasteiger partial charge in [-0.15, -0.1) is 0 Å². The third-order valence-electron chi connectivity index (χ3n) is 2.19. The van der Waals surface area contributed by atoms with Crippen LogP contribution in [0.25, 0.3) is 0 Å². The zero-order chi connectivity index (χ0) is 15.1. The van der Waals surface area contributed by atoms with Gasteiger partial charge in [0.05, 0.1) is 34.4 Å². The second kappa shape index (κ2) is 8.15. The van der Waals surface area contributed by atoms with E-state index >= 15 is 0 Å². The number of nitrogens with zero attached hydrogens (tertiary/aromatic N) is 1. The van der Waals surface area contributed by atoms with Gasteiger partial charge in [0.2, 0.25) is 0 Å². The fourth-order valence-electron chi connectivity index (χ4n) is 1.02. The van der Waals surface area contributed by atoms with Crippen molar-refractivity contribution in [3.8, 4) is 0 Å². The molecule has 0 aliphatic heterocycles. The number of hydrogen-bond acceptors (Lipinski definition) is 5. The van der Waals surface area contributed by atoms with Crippen molar-refractivity contribution in [1.29, 1.82) is 0 Å². The summed E-state index contributed by atoms with van der Waals surface area (Å²) in [6.07, 6.45) is -1.01. The predicted molar refractivity (Wildman–Crippen MR) is 75.1 cm³/mol. The first-order valence-corrected chi connectivity index (χ1v) is 8.14. The Labute approximate surface area is 116 Å². The molecule has 7 heteroatoms. The third kappa shape index (κ3) is 11.3. The van der Waals surface area contributed by atoms with Crippen LogP contribution in [0.1, 0.15) is 6.92 Å². The van der Waals surface area contributed by atoms with Gasteiger partial charge in [-0.25, -0.2) is 0 Å². The molecule has 0 heterocycles. The van der Waals surface area contributed by atoms with E-state index in [9.17, 15) is 9.67 Å². The summed E-state index contributed by atoms with van der Waals surface area (Å²) in [5.41, 5.74) is 0.513. The van der Waals surface area contributed by atoms with Crippen molar-refractivity contribution >= 4 is 7.60 Å². The maximum absolute atomic E-state index is 11.9. The van der Waals surface area contributed by atoms with E-state index in [1.54, 1.807) is 6.92 Å². The number of ether oxygens (including phenoxy) is 1. The fraction of sp³-hybridized carbons (Fsp3) is 0.833. The minimum Gasteiger partial charge on any atom is -0.364 e. The molecule has 0 saturated heterocycles. The standard InChI is InChI=1S/C12H27NO5P/c1-11(2)12(14)16-9-10-18-19(6,15)17-8-7-13(3,4)5/h12,14H,1,7-10H2,2-6H3/q+1. The largest absolute Gasteiger partial charge is 0.364 e. The molecule has 0 aromatic heterocycles. The smallest absolute Gasteiger partial charge is 0.327 e. The molecule has 0 aliphatic rings. The molecule has 2 unspecified atom stereocenters. The van der Waals surface area contributed by atoms with Gasteiger partial charge in [-0.3, -0.25) is 4.57 Å². The van der Waals surface area contributed by atoms with Gasteiger partial charge in [-0.1, -0.05) is 6.58 Å². The molecule has 19 heavy (non-hydrogen) atoms. The van der Waals surface area contributed by atoms with Crippen LogP contribution in [0.4, 0.5) is 0 Å². The van der Waals surface area contributed by atoms with Crippen molar-refractivity contribution in [3.63, 3.8) is 0 Å². The van der Waals surface area contributed by atoms with Gasteiger partial charge in [-0.2, -0.15) is 0 Å². The van der Waals surface area contributed by atoms with Crippen molar-refractivity contribution < 1.29 is 27.9 Å². The highest BCUT2D eigenvalue weighted by atomic mass is 31.2. The molecule has 0 radical (unpaired) electrons. The normalized spacial score (nSPS) is 16.9. The monoisotopic (exact) mass is 296 g/mol. The lowest BCUT2D eigenvalue weighted by Crippen LogP contribution is -2.37. The molecule has 114 valence electrons. The molecule has 0 aliphatic carbocycles. The molecule has 0 spiro atoms. The molecule has 0 amide bonds. The summed E-state index contributed by atoms with van der Waals surface area (Å²) >= 11 is 0. The van der Waals surface area contributed by atoms with E-state index in [1.165, 1.54) is 6.66 Å².